The summed E-state index contributed by atoms with van der Waals surface area (Å²) in [6.45, 7) is 2.04. The maximum Gasteiger partial charge on any atom is 0.251 e. The van der Waals surface area contributed by atoms with Gasteiger partial charge in [0.25, 0.3) is 10.0 Å². The van der Waals surface area contributed by atoms with E-state index >= 15 is 0 Å². The maximum absolute atomic E-state index is 11.6. The molecule has 1 rings (SSSR count). The molecule has 0 radical (unpaired) electrons. The van der Waals surface area contributed by atoms with E-state index in [0.29, 0.717) is 12.8 Å². The molecule has 2 N–H and O–H groups in total. The molecule has 0 bridgehead atoms. The summed E-state index contributed by atoms with van der Waals surface area (Å²) < 4.78 is 25.9. The van der Waals surface area contributed by atoms with Gasteiger partial charge in [-0.2, -0.15) is 0 Å². The molecule has 0 aliphatic rings. The SMILES string of the molecule is CCC(O)CCNS(=O)(=O)c1cnc(Cl)s1. The number of sulfonamides is 1. The lowest BCUT2D eigenvalue weighted by Gasteiger charge is -2.07. The van der Waals surface area contributed by atoms with E-state index in [4.69, 9.17) is 11.6 Å². The molecule has 0 aromatic carbocycles. The zero-order valence-electron chi connectivity index (χ0n) is 8.68. The van der Waals surface area contributed by atoms with Crippen LogP contribution in [0, 0.1) is 0 Å². The van der Waals surface area contributed by atoms with E-state index in [-0.39, 0.29) is 15.2 Å². The monoisotopic (exact) mass is 284 g/mol. The van der Waals surface area contributed by atoms with Crippen LogP contribution in [0.5, 0.6) is 0 Å². The van der Waals surface area contributed by atoms with Gasteiger partial charge in [-0.3, -0.25) is 0 Å². The number of rotatable bonds is 6. The van der Waals surface area contributed by atoms with Crippen molar-refractivity contribution in [1.29, 1.82) is 0 Å². The summed E-state index contributed by atoms with van der Waals surface area (Å²) in [7, 11) is -3.53. The van der Waals surface area contributed by atoms with Gasteiger partial charge in [0, 0.05) is 6.54 Å². The molecule has 8 heteroatoms. The summed E-state index contributed by atoms with van der Waals surface area (Å²) >= 11 is 6.45. The predicted molar refractivity (Wildman–Crippen MR) is 63.2 cm³/mol. The second kappa shape index (κ2) is 5.92. The van der Waals surface area contributed by atoms with Crippen molar-refractivity contribution >= 4 is 33.0 Å². The van der Waals surface area contributed by atoms with Crippen LogP contribution < -0.4 is 4.72 Å². The van der Waals surface area contributed by atoms with Crippen LogP contribution in [0.2, 0.25) is 4.47 Å². The van der Waals surface area contributed by atoms with E-state index in [2.05, 4.69) is 9.71 Å². The minimum Gasteiger partial charge on any atom is -0.393 e. The van der Waals surface area contributed by atoms with Gasteiger partial charge < -0.3 is 5.11 Å². The fourth-order valence-corrected chi connectivity index (χ4v) is 3.38. The van der Waals surface area contributed by atoms with Crippen molar-refractivity contribution in [2.45, 2.75) is 30.1 Å². The maximum atomic E-state index is 11.6. The van der Waals surface area contributed by atoms with Crippen LogP contribution in [0.4, 0.5) is 0 Å². The Morgan fingerprint density at radius 2 is 2.38 bits per heavy atom. The molecular weight excluding hydrogens is 272 g/mol. The van der Waals surface area contributed by atoms with Crippen molar-refractivity contribution in [3.63, 3.8) is 0 Å². The molecule has 0 fully saturated rings. The molecule has 1 aromatic rings. The minimum absolute atomic E-state index is 0.0866. The number of nitrogens with zero attached hydrogens (tertiary/aromatic N) is 1. The Hall–Kier alpha value is -0.210. The topological polar surface area (TPSA) is 79.3 Å². The minimum atomic E-state index is -3.53. The zero-order valence-corrected chi connectivity index (χ0v) is 11.1. The van der Waals surface area contributed by atoms with Crippen molar-refractivity contribution < 1.29 is 13.5 Å². The first-order valence-electron chi connectivity index (χ1n) is 4.74. The van der Waals surface area contributed by atoms with Crippen LogP contribution in [0.15, 0.2) is 10.4 Å². The predicted octanol–water partition coefficient (Wildman–Crippen LogP) is 1.24. The Balaban J connectivity index is 2.53. The lowest BCUT2D eigenvalue weighted by atomic mass is 10.2. The van der Waals surface area contributed by atoms with Crippen molar-refractivity contribution in [2.75, 3.05) is 6.54 Å². The molecule has 0 spiro atoms. The fraction of sp³-hybridized carbons (Fsp3) is 0.625. The molecular formula is C8H13ClN2O3S2. The Labute approximate surface area is 104 Å². The van der Waals surface area contributed by atoms with Gasteiger partial charge in [-0.15, -0.1) is 0 Å². The number of halogens is 1. The Kier molecular flexibility index (Phi) is 5.13. The molecule has 1 aromatic heterocycles. The lowest BCUT2D eigenvalue weighted by molar-refractivity contribution is 0.162. The van der Waals surface area contributed by atoms with Crippen LogP contribution in [0.25, 0.3) is 0 Å². The third kappa shape index (κ3) is 3.99. The van der Waals surface area contributed by atoms with E-state index in [0.717, 1.165) is 11.3 Å². The summed E-state index contributed by atoms with van der Waals surface area (Å²) in [6.07, 6.45) is 1.73. The van der Waals surface area contributed by atoms with Crippen LogP contribution in [0.3, 0.4) is 0 Å². The molecule has 1 atom stereocenters. The zero-order chi connectivity index (χ0) is 12.2. The lowest BCUT2D eigenvalue weighted by Crippen LogP contribution is -2.26. The average Bonchev–Trinajstić information content (AvgIpc) is 2.65. The summed E-state index contributed by atoms with van der Waals surface area (Å²) in [4.78, 5) is 3.66. The summed E-state index contributed by atoms with van der Waals surface area (Å²) in [5, 5.41) is 9.26. The van der Waals surface area contributed by atoms with Crippen LogP contribution in [-0.4, -0.2) is 31.2 Å². The highest BCUT2D eigenvalue weighted by molar-refractivity contribution is 7.91. The molecule has 1 unspecified atom stereocenters. The molecule has 0 amide bonds. The summed E-state index contributed by atoms with van der Waals surface area (Å²) in [5.74, 6) is 0. The molecule has 0 aliphatic carbocycles. The van der Waals surface area contributed by atoms with E-state index in [9.17, 15) is 13.5 Å². The van der Waals surface area contributed by atoms with E-state index in [1.807, 2.05) is 6.92 Å². The van der Waals surface area contributed by atoms with Gasteiger partial charge in [0.15, 0.2) is 8.68 Å². The number of thiazole rings is 1. The highest BCUT2D eigenvalue weighted by atomic mass is 35.5. The highest BCUT2D eigenvalue weighted by Crippen LogP contribution is 2.21. The molecule has 16 heavy (non-hydrogen) atoms. The Morgan fingerprint density at radius 3 is 2.88 bits per heavy atom. The fourth-order valence-electron chi connectivity index (χ4n) is 0.999. The van der Waals surface area contributed by atoms with Crippen LogP contribution in [0.1, 0.15) is 19.8 Å². The van der Waals surface area contributed by atoms with Crippen molar-refractivity contribution in [3.05, 3.63) is 10.7 Å². The van der Waals surface area contributed by atoms with E-state index < -0.39 is 16.1 Å². The van der Waals surface area contributed by atoms with Crippen LogP contribution >= 0.6 is 22.9 Å². The van der Waals surface area contributed by atoms with Gasteiger partial charge >= 0.3 is 0 Å². The number of aromatic nitrogens is 1. The second-order valence-electron chi connectivity index (χ2n) is 3.18. The number of aliphatic hydroxyl groups is 1. The van der Waals surface area contributed by atoms with Crippen LogP contribution in [-0.2, 0) is 10.0 Å². The molecule has 1 heterocycles. The Bertz CT molecular complexity index is 432. The van der Waals surface area contributed by atoms with Crippen molar-refractivity contribution in [2.24, 2.45) is 0 Å². The number of hydrogen-bond donors (Lipinski definition) is 2. The third-order valence-electron chi connectivity index (χ3n) is 1.96. The first kappa shape index (κ1) is 13.9. The normalized spacial score (nSPS) is 13.9. The van der Waals surface area contributed by atoms with Crippen molar-refractivity contribution in [3.8, 4) is 0 Å². The van der Waals surface area contributed by atoms with Gasteiger partial charge in [0.05, 0.1) is 12.3 Å². The van der Waals surface area contributed by atoms with E-state index in [1.165, 1.54) is 6.20 Å². The van der Waals surface area contributed by atoms with E-state index in [1.54, 1.807) is 0 Å². The standard InChI is InChI=1S/C8H13ClN2O3S2/c1-2-6(12)3-4-11-16(13,14)7-5-10-8(9)15-7/h5-6,11-12H,2-4H2,1H3. The molecule has 92 valence electrons. The first-order valence-corrected chi connectivity index (χ1v) is 7.42. The van der Waals surface area contributed by atoms with Gasteiger partial charge in [-0.05, 0) is 12.8 Å². The largest absolute Gasteiger partial charge is 0.393 e. The molecule has 0 saturated carbocycles. The highest BCUT2D eigenvalue weighted by Gasteiger charge is 2.17. The van der Waals surface area contributed by atoms with Gasteiger partial charge in [-0.1, -0.05) is 29.9 Å². The molecule has 0 saturated heterocycles. The third-order valence-corrected chi connectivity index (χ3v) is 5.00. The summed E-state index contributed by atoms with van der Waals surface area (Å²) in [5.41, 5.74) is 0. The van der Waals surface area contributed by atoms with Gasteiger partial charge in [-0.25, -0.2) is 18.1 Å². The number of nitrogens with one attached hydrogen (secondary N) is 1. The number of aliphatic hydroxyl groups excluding tert-OH is 1. The quantitative estimate of drug-likeness (QED) is 0.824. The smallest absolute Gasteiger partial charge is 0.251 e. The number of hydrogen-bond acceptors (Lipinski definition) is 5. The average molecular weight is 285 g/mol. The Morgan fingerprint density at radius 1 is 1.69 bits per heavy atom. The van der Waals surface area contributed by atoms with Gasteiger partial charge in [0.2, 0.25) is 0 Å². The first-order chi connectivity index (χ1) is 7.45. The van der Waals surface area contributed by atoms with Crippen molar-refractivity contribution in [1.82, 2.24) is 9.71 Å². The summed E-state index contributed by atoms with van der Waals surface area (Å²) in [6, 6.07) is 0. The second-order valence-corrected chi connectivity index (χ2v) is 6.79. The molecule has 0 aliphatic heterocycles. The van der Waals surface area contributed by atoms with Gasteiger partial charge in [0.1, 0.15) is 0 Å². The molecule has 5 nitrogen and oxygen atoms in total.